The Morgan fingerprint density at radius 1 is 1.03 bits per heavy atom. The molecule has 1 aliphatic heterocycles. The minimum Gasteiger partial charge on any atom is -0.506 e. The maximum Gasteiger partial charge on any atom is 0.300 e. The number of ether oxygens (including phenoxy) is 3. The van der Waals surface area contributed by atoms with Gasteiger partial charge in [0.1, 0.15) is 28.6 Å². The molecule has 1 aromatic heterocycles. The summed E-state index contributed by atoms with van der Waals surface area (Å²) in [6, 6.07) is 14.4. The topological polar surface area (TPSA) is 98.2 Å². The van der Waals surface area contributed by atoms with Gasteiger partial charge in [0.25, 0.3) is 11.7 Å². The van der Waals surface area contributed by atoms with Crippen LogP contribution in [0.5, 0.6) is 17.2 Å². The van der Waals surface area contributed by atoms with Crippen LogP contribution in [-0.2, 0) is 9.59 Å². The summed E-state index contributed by atoms with van der Waals surface area (Å²) >= 11 is 0. The van der Waals surface area contributed by atoms with Gasteiger partial charge in [0.15, 0.2) is 0 Å². The molecule has 1 atom stereocenters. The van der Waals surface area contributed by atoms with Gasteiger partial charge in [-0.05, 0) is 42.8 Å². The average molecular weight is 460 g/mol. The fourth-order valence-electron chi connectivity index (χ4n) is 4.06. The molecule has 8 heteroatoms. The van der Waals surface area contributed by atoms with Gasteiger partial charge >= 0.3 is 0 Å². The van der Waals surface area contributed by atoms with Crippen molar-refractivity contribution in [1.29, 1.82) is 0 Å². The Hall–Kier alpha value is -4.33. The Balaban J connectivity index is 1.98. The molecule has 0 bridgehead atoms. The number of hydrogen-bond acceptors (Lipinski definition) is 7. The van der Waals surface area contributed by atoms with E-state index < -0.39 is 23.5 Å². The Kier molecular flexibility index (Phi) is 6.49. The Bertz CT molecular complexity index is 1230. The third-order valence-corrected chi connectivity index (χ3v) is 5.52. The molecule has 1 N–H and O–H groups in total. The fourth-order valence-corrected chi connectivity index (χ4v) is 4.06. The number of hydrogen-bond donors (Lipinski definition) is 1. The van der Waals surface area contributed by atoms with Crippen molar-refractivity contribution in [2.45, 2.75) is 13.0 Å². The number of nitrogens with zero attached hydrogens (tertiary/aromatic N) is 2. The van der Waals surface area contributed by atoms with Crippen LogP contribution >= 0.6 is 0 Å². The molecule has 2 heterocycles. The SMILES string of the molecule is CCOc1cccc(N2C(=O)C(=O)/C(=C(/O)c3c(OC)cccc3OC)C2c2cccnc2)c1. The molecule has 0 spiro atoms. The standard InChI is InChI=1S/C26H24N2O6/c1-4-34-18-10-5-9-17(14-18)28-23(16-8-7-13-27-15-16)22(25(30)26(28)31)24(29)21-19(32-2)11-6-12-20(21)33-3/h5-15,23,29H,4H2,1-3H3/b24-22+. The second-order valence-electron chi connectivity index (χ2n) is 7.42. The summed E-state index contributed by atoms with van der Waals surface area (Å²) in [7, 11) is 2.89. The molecule has 1 unspecified atom stereocenters. The number of ketones is 1. The van der Waals surface area contributed by atoms with E-state index in [9.17, 15) is 14.7 Å². The monoisotopic (exact) mass is 460 g/mol. The third-order valence-electron chi connectivity index (χ3n) is 5.52. The van der Waals surface area contributed by atoms with E-state index in [0.29, 0.717) is 35.1 Å². The molecule has 1 amide bonds. The molecule has 34 heavy (non-hydrogen) atoms. The molecule has 0 aliphatic carbocycles. The van der Waals surface area contributed by atoms with Crippen LogP contribution in [-0.4, -0.2) is 42.6 Å². The van der Waals surface area contributed by atoms with Crippen molar-refractivity contribution in [1.82, 2.24) is 4.98 Å². The third kappa shape index (κ3) is 3.94. The summed E-state index contributed by atoms with van der Waals surface area (Å²) in [6.07, 6.45) is 3.15. The number of benzene rings is 2. The molecule has 0 saturated carbocycles. The molecule has 0 radical (unpaired) electrons. The van der Waals surface area contributed by atoms with E-state index >= 15 is 0 Å². The summed E-state index contributed by atoms with van der Waals surface area (Å²) in [6.45, 7) is 2.30. The van der Waals surface area contributed by atoms with Gasteiger partial charge in [-0.2, -0.15) is 0 Å². The number of rotatable bonds is 7. The van der Waals surface area contributed by atoms with Crippen molar-refractivity contribution in [2.75, 3.05) is 25.7 Å². The largest absolute Gasteiger partial charge is 0.506 e. The van der Waals surface area contributed by atoms with Crippen molar-refractivity contribution >= 4 is 23.1 Å². The van der Waals surface area contributed by atoms with Crippen molar-refractivity contribution in [3.8, 4) is 17.2 Å². The predicted molar refractivity (Wildman–Crippen MR) is 126 cm³/mol. The first kappa shape index (κ1) is 22.8. The van der Waals surface area contributed by atoms with Gasteiger partial charge in [-0.25, -0.2) is 0 Å². The quantitative estimate of drug-likeness (QED) is 0.322. The Morgan fingerprint density at radius 2 is 1.74 bits per heavy atom. The number of pyridine rings is 1. The Morgan fingerprint density at radius 3 is 2.35 bits per heavy atom. The second kappa shape index (κ2) is 9.66. The summed E-state index contributed by atoms with van der Waals surface area (Å²) in [5.74, 6) is -0.861. The van der Waals surface area contributed by atoms with E-state index in [-0.39, 0.29) is 11.1 Å². The molecule has 1 aliphatic rings. The maximum absolute atomic E-state index is 13.4. The minimum atomic E-state index is -0.930. The van der Waals surface area contributed by atoms with Crippen LogP contribution < -0.4 is 19.1 Å². The van der Waals surface area contributed by atoms with Crippen molar-refractivity contribution < 1.29 is 28.9 Å². The van der Waals surface area contributed by atoms with E-state index in [1.807, 2.05) is 6.92 Å². The summed E-state index contributed by atoms with van der Waals surface area (Å²) < 4.78 is 16.4. The lowest BCUT2D eigenvalue weighted by atomic mass is 9.95. The van der Waals surface area contributed by atoms with Gasteiger partial charge in [0, 0.05) is 24.1 Å². The van der Waals surface area contributed by atoms with Crippen LogP contribution in [0.4, 0.5) is 5.69 Å². The Labute approximate surface area is 197 Å². The first-order valence-corrected chi connectivity index (χ1v) is 10.7. The van der Waals surface area contributed by atoms with E-state index in [1.54, 1.807) is 67.0 Å². The number of carbonyl (C=O) groups excluding carboxylic acids is 2. The average Bonchev–Trinajstić information content (AvgIpc) is 3.14. The number of amides is 1. The van der Waals surface area contributed by atoms with Crippen LogP contribution in [0.15, 0.2) is 72.6 Å². The fraction of sp³-hybridized carbons (Fsp3) is 0.192. The number of Topliss-reactive ketones (excluding diaryl/α,β-unsaturated/α-hetero) is 1. The zero-order valence-electron chi connectivity index (χ0n) is 19.0. The van der Waals surface area contributed by atoms with Crippen LogP contribution in [0, 0.1) is 0 Å². The summed E-state index contributed by atoms with van der Waals surface area (Å²) in [5.41, 5.74) is 1.09. The van der Waals surface area contributed by atoms with Crippen LogP contribution in [0.3, 0.4) is 0 Å². The number of methoxy groups -OCH3 is 2. The highest BCUT2D eigenvalue weighted by atomic mass is 16.5. The van der Waals surface area contributed by atoms with Crippen LogP contribution in [0.25, 0.3) is 5.76 Å². The van der Waals surface area contributed by atoms with Gasteiger partial charge in [-0.3, -0.25) is 19.5 Å². The molecule has 1 saturated heterocycles. The first-order valence-electron chi connectivity index (χ1n) is 10.7. The van der Waals surface area contributed by atoms with Crippen LogP contribution in [0.1, 0.15) is 24.1 Å². The van der Waals surface area contributed by atoms with Gasteiger partial charge in [-0.1, -0.05) is 18.2 Å². The molecular weight excluding hydrogens is 436 g/mol. The zero-order valence-corrected chi connectivity index (χ0v) is 19.0. The van der Waals surface area contributed by atoms with Gasteiger partial charge in [0.05, 0.1) is 32.4 Å². The zero-order chi connectivity index (χ0) is 24.2. The smallest absolute Gasteiger partial charge is 0.300 e. The summed E-state index contributed by atoms with van der Waals surface area (Å²) in [4.78, 5) is 32.2. The highest BCUT2D eigenvalue weighted by Crippen LogP contribution is 2.45. The van der Waals surface area contributed by atoms with Crippen molar-refractivity contribution in [3.05, 3.63) is 83.7 Å². The lowest BCUT2D eigenvalue weighted by molar-refractivity contribution is -0.132. The molecule has 8 nitrogen and oxygen atoms in total. The number of carbonyl (C=O) groups is 2. The molecule has 1 fully saturated rings. The molecule has 174 valence electrons. The van der Waals surface area contributed by atoms with Gasteiger partial charge in [0.2, 0.25) is 0 Å². The highest BCUT2D eigenvalue weighted by molar-refractivity contribution is 6.51. The normalized spacial score (nSPS) is 17.0. The van der Waals surface area contributed by atoms with E-state index in [0.717, 1.165) is 0 Å². The summed E-state index contributed by atoms with van der Waals surface area (Å²) in [5, 5.41) is 11.4. The van der Waals surface area contributed by atoms with E-state index in [2.05, 4.69) is 4.98 Å². The second-order valence-corrected chi connectivity index (χ2v) is 7.42. The molecule has 4 rings (SSSR count). The minimum absolute atomic E-state index is 0.0948. The number of aliphatic hydroxyl groups excluding tert-OH is 1. The van der Waals surface area contributed by atoms with E-state index in [1.165, 1.54) is 19.1 Å². The lowest BCUT2D eigenvalue weighted by Crippen LogP contribution is -2.29. The number of anilines is 1. The van der Waals surface area contributed by atoms with Crippen LogP contribution in [0.2, 0.25) is 0 Å². The van der Waals surface area contributed by atoms with Gasteiger partial charge < -0.3 is 19.3 Å². The molecular formula is C26H24N2O6. The highest BCUT2D eigenvalue weighted by Gasteiger charge is 2.47. The predicted octanol–water partition coefficient (Wildman–Crippen LogP) is 4.12. The van der Waals surface area contributed by atoms with Gasteiger partial charge in [-0.15, -0.1) is 0 Å². The van der Waals surface area contributed by atoms with Crippen molar-refractivity contribution in [3.63, 3.8) is 0 Å². The molecule has 3 aromatic rings. The van der Waals surface area contributed by atoms with Crippen molar-refractivity contribution in [2.24, 2.45) is 0 Å². The van der Waals surface area contributed by atoms with E-state index in [4.69, 9.17) is 14.2 Å². The lowest BCUT2D eigenvalue weighted by Gasteiger charge is -2.25. The first-order chi connectivity index (χ1) is 16.5. The maximum atomic E-state index is 13.4. The number of aromatic nitrogens is 1. The number of aliphatic hydroxyl groups is 1. The molecule has 2 aromatic carbocycles.